The Bertz CT molecular complexity index is 315. The number of nitrogens with one attached hydrogen (secondary N) is 1. The largest absolute Gasteiger partial charge is 0.482 e. The maximum atomic E-state index is 10.3. The number of aliphatic carboxylic acids is 1. The molecule has 0 bridgehead atoms. The van der Waals surface area contributed by atoms with Gasteiger partial charge in [-0.1, -0.05) is 18.2 Å². The van der Waals surface area contributed by atoms with Gasteiger partial charge in [-0.15, -0.1) is 0 Å². The lowest BCUT2D eigenvalue weighted by atomic mass is 10.2. The molecule has 1 rings (SSSR count). The molecule has 1 aromatic rings. The summed E-state index contributed by atoms with van der Waals surface area (Å²) in [5.41, 5.74) is 3.31. The van der Waals surface area contributed by atoms with Crippen LogP contribution >= 0.6 is 0 Å². The Morgan fingerprint density at radius 2 is 2.21 bits per heavy atom. The van der Waals surface area contributed by atoms with Crippen molar-refractivity contribution in [2.75, 3.05) is 6.61 Å². The zero-order chi connectivity index (χ0) is 10.4. The van der Waals surface area contributed by atoms with Gasteiger partial charge < -0.3 is 9.84 Å². The molecule has 0 fully saturated rings. The predicted molar refractivity (Wildman–Crippen MR) is 50.6 cm³/mol. The monoisotopic (exact) mass is 196 g/mol. The van der Waals surface area contributed by atoms with Crippen LogP contribution in [0.1, 0.15) is 5.56 Å². The molecule has 0 heterocycles. The third-order valence-corrected chi connectivity index (χ3v) is 1.62. The highest BCUT2D eigenvalue weighted by Crippen LogP contribution is 2.17. The Labute approximate surface area is 81.5 Å². The first kappa shape index (κ1) is 10.5. The normalized spacial score (nSPS) is 9.79. The third-order valence-electron chi connectivity index (χ3n) is 1.62. The molecular formula is C9H12N2O3. The summed E-state index contributed by atoms with van der Waals surface area (Å²) in [6.07, 6.45) is 0. The number of hydrogen-bond acceptors (Lipinski definition) is 4. The molecule has 14 heavy (non-hydrogen) atoms. The molecular weight excluding hydrogens is 184 g/mol. The molecule has 0 unspecified atom stereocenters. The number of hydrogen-bond donors (Lipinski definition) is 3. The standard InChI is InChI=1S/C9H12N2O3/c10-11-5-7-3-1-2-4-8(7)14-6-9(12)13/h1-4,11H,5-6,10H2,(H,12,13). The van der Waals surface area contributed by atoms with Gasteiger partial charge >= 0.3 is 5.97 Å². The van der Waals surface area contributed by atoms with Crippen LogP contribution in [0, 0.1) is 0 Å². The maximum absolute atomic E-state index is 10.3. The van der Waals surface area contributed by atoms with Crippen molar-refractivity contribution in [3.8, 4) is 5.75 Å². The first-order valence-electron chi connectivity index (χ1n) is 4.10. The van der Waals surface area contributed by atoms with Crippen molar-refractivity contribution < 1.29 is 14.6 Å². The van der Waals surface area contributed by atoms with Gasteiger partial charge in [-0.05, 0) is 6.07 Å². The Morgan fingerprint density at radius 3 is 2.86 bits per heavy atom. The predicted octanol–water partition coefficient (Wildman–Crippen LogP) is 0.113. The highest BCUT2D eigenvalue weighted by Gasteiger charge is 2.03. The van der Waals surface area contributed by atoms with Crippen molar-refractivity contribution in [2.24, 2.45) is 5.84 Å². The molecule has 0 saturated heterocycles. The van der Waals surface area contributed by atoms with E-state index in [4.69, 9.17) is 15.7 Å². The SMILES string of the molecule is NNCc1ccccc1OCC(=O)O. The molecule has 76 valence electrons. The number of para-hydroxylation sites is 1. The minimum Gasteiger partial charge on any atom is -0.482 e. The number of carboxylic acids is 1. The van der Waals surface area contributed by atoms with E-state index in [1.165, 1.54) is 0 Å². The lowest BCUT2D eigenvalue weighted by Gasteiger charge is -2.08. The first-order chi connectivity index (χ1) is 6.74. The van der Waals surface area contributed by atoms with Crippen molar-refractivity contribution in [1.82, 2.24) is 5.43 Å². The molecule has 0 atom stereocenters. The minimum atomic E-state index is -1.000. The van der Waals surface area contributed by atoms with Crippen LogP contribution in [0.15, 0.2) is 24.3 Å². The quantitative estimate of drug-likeness (QED) is 0.460. The zero-order valence-corrected chi connectivity index (χ0v) is 7.56. The topological polar surface area (TPSA) is 84.6 Å². The van der Waals surface area contributed by atoms with E-state index in [9.17, 15) is 4.79 Å². The van der Waals surface area contributed by atoms with Crippen LogP contribution in [-0.2, 0) is 11.3 Å². The number of carbonyl (C=O) groups is 1. The van der Waals surface area contributed by atoms with Gasteiger partial charge in [0.15, 0.2) is 6.61 Å². The van der Waals surface area contributed by atoms with Crippen molar-refractivity contribution in [2.45, 2.75) is 6.54 Å². The fourth-order valence-corrected chi connectivity index (χ4v) is 1.04. The molecule has 0 saturated carbocycles. The van der Waals surface area contributed by atoms with Gasteiger partial charge in [0, 0.05) is 12.1 Å². The summed E-state index contributed by atoms with van der Waals surface area (Å²) in [4.78, 5) is 10.3. The molecule has 0 aliphatic carbocycles. The summed E-state index contributed by atoms with van der Waals surface area (Å²) in [5.74, 6) is 4.70. The van der Waals surface area contributed by atoms with Crippen LogP contribution in [0.25, 0.3) is 0 Å². The Hall–Kier alpha value is -1.59. The lowest BCUT2D eigenvalue weighted by Crippen LogP contribution is -2.21. The highest BCUT2D eigenvalue weighted by molar-refractivity contribution is 5.68. The maximum Gasteiger partial charge on any atom is 0.341 e. The summed E-state index contributed by atoms with van der Waals surface area (Å²) in [7, 11) is 0. The second-order valence-corrected chi connectivity index (χ2v) is 2.67. The van der Waals surface area contributed by atoms with Gasteiger partial charge in [-0.25, -0.2) is 4.79 Å². The van der Waals surface area contributed by atoms with E-state index in [1.54, 1.807) is 12.1 Å². The van der Waals surface area contributed by atoms with Gasteiger partial charge in [0.1, 0.15) is 5.75 Å². The summed E-state index contributed by atoms with van der Waals surface area (Å²) in [6.45, 7) is 0.0946. The number of carboxylic acid groups (broad SMARTS) is 1. The first-order valence-corrected chi connectivity index (χ1v) is 4.10. The second kappa shape index (κ2) is 5.21. The van der Waals surface area contributed by atoms with Crippen molar-refractivity contribution >= 4 is 5.97 Å². The van der Waals surface area contributed by atoms with Crippen LogP contribution in [-0.4, -0.2) is 17.7 Å². The lowest BCUT2D eigenvalue weighted by molar-refractivity contribution is -0.139. The molecule has 0 aliphatic heterocycles. The van der Waals surface area contributed by atoms with E-state index in [2.05, 4.69) is 5.43 Å². The fraction of sp³-hybridized carbons (Fsp3) is 0.222. The van der Waals surface area contributed by atoms with Gasteiger partial charge in [0.2, 0.25) is 0 Å². The summed E-state index contributed by atoms with van der Waals surface area (Å²) >= 11 is 0. The Balaban J connectivity index is 2.68. The van der Waals surface area contributed by atoms with E-state index in [-0.39, 0.29) is 6.61 Å². The second-order valence-electron chi connectivity index (χ2n) is 2.67. The number of benzene rings is 1. The van der Waals surface area contributed by atoms with Crippen LogP contribution in [0.2, 0.25) is 0 Å². The number of rotatable bonds is 5. The highest BCUT2D eigenvalue weighted by atomic mass is 16.5. The van der Waals surface area contributed by atoms with Gasteiger partial charge in [-0.3, -0.25) is 11.3 Å². The Morgan fingerprint density at radius 1 is 1.50 bits per heavy atom. The van der Waals surface area contributed by atoms with E-state index >= 15 is 0 Å². The average molecular weight is 196 g/mol. The zero-order valence-electron chi connectivity index (χ0n) is 7.56. The Kier molecular flexibility index (Phi) is 3.90. The van der Waals surface area contributed by atoms with Crippen LogP contribution in [0.4, 0.5) is 0 Å². The van der Waals surface area contributed by atoms with Crippen LogP contribution < -0.4 is 16.0 Å². The van der Waals surface area contributed by atoms with Crippen molar-refractivity contribution in [1.29, 1.82) is 0 Å². The number of nitrogens with two attached hydrogens (primary N) is 1. The van der Waals surface area contributed by atoms with E-state index in [1.807, 2.05) is 12.1 Å². The third kappa shape index (κ3) is 3.04. The minimum absolute atomic E-state index is 0.346. The van der Waals surface area contributed by atoms with E-state index in [0.29, 0.717) is 12.3 Å². The van der Waals surface area contributed by atoms with Crippen molar-refractivity contribution in [3.63, 3.8) is 0 Å². The van der Waals surface area contributed by atoms with Gasteiger partial charge in [-0.2, -0.15) is 0 Å². The van der Waals surface area contributed by atoms with E-state index in [0.717, 1.165) is 5.56 Å². The molecule has 0 amide bonds. The number of ether oxygens (including phenoxy) is 1. The van der Waals surface area contributed by atoms with Gasteiger partial charge in [0.25, 0.3) is 0 Å². The number of hydrazine groups is 1. The molecule has 0 aliphatic rings. The van der Waals surface area contributed by atoms with Gasteiger partial charge in [0.05, 0.1) is 0 Å². The van der Waals surface area contributed by atoms with Crippen LogP contribution in [0.3, 0.4) is 0 Å². The molecule has 1 aromatic carbocycles. The van der Waals surface area contributed by atoms with Crippen molar-refractivity contribution in [3.05, 3.63) is 29.8 Å². The smallest absolute Gasteiger partial charge is 0.341 e. The molecule has 0 aromatic heterocycles. The summed E-state index contributed by atoms with van der Waals surface area (Å²) in [5, 5.41) is 8.43. The molecule has 0 radical (unpaired) electrons. The molecule has 4 N–H and O–H groups in total. The van der Waals surface area contributed by atoms with Crippen LogP contribution in [0.5, 0.6) is 5.75 Å². The average Bonchev–Trinajstić information content (AvgIpc) is 2.17. The van der Waals surface area contributed by atoms with E-state index < -0.39 is 5.97 Å². The molecule has 5 heteroatoms. The fourth-order valence-electron chi connectivity index (χ4n) is 1.04. The summed E-state index contributed by atoms with van der Waals surface area (Å²) < 4.78 is 5.06. The summed E-state index contributed by atoms with van der Waals surface area (Å²) in [6, 6.07) is 7.13. The molecule has 5 nitrogen and oxygen atoms in total. The molecule has 0 spiro atoms.